The van der Waals surface area contributed by atoms with E-state index in [4.69, 9.17) is 5.26 Å². The van der Waals surface area contributed by atoms with E-state index in [0.29, 0.717) is 11.4 Å². The third kappa shape index (κ3) is 3.06. The first-order valence-electron chi connectivity index (χ1n) is 5.26. The quantitative estimate of drug-likeness (QED) is 0.801. The Bertz CT molecular complexity index is 608. The molecule has 1 aromatic carbocycles. The van der Waals surface area contributed by atoms with Crippen LogP contribution in [0, 0.1) is 11.3 Å². The highest BCUT2D eigenvalue weighted by Gasteiger charge is 1.98. The van der Waals surface area contributed by atoms with Gasteiger partial charge in [-0.3, -0.25) is 9.89 Å². The highest BCUT2D eigenvalue weighted by Crippen LogP contribution is 2.06. The Kier molecular flexibility index (Phi) is 3.52. The number of rotatable bonds is 3. The van der Waals surface area contributed by atoms with E-state index < -0.39 is 0 Å². The van der Waals surface area contributed by atoms with Gasteiger partial charge >= 0.3 is 0 Å². The predicted molar refractivity (Wildman–Crippen MR) is 67.4 cm³/mol. The van der Waals surface area contributed by atoms with E-state index >= 15 is 0 Å². The number of H-pyrrole nitrogens is 1. The van der Waals surface area contributed by atoms with E-state index in [0.717, 1.165) is 5.56 Å². The largest absolute Gasteiger partial charge is 0.307 e. The molecule has 0 spiro atoms. The number of aromatic amines is 1. The number of nitriles is 1. The lowest BCUT2D eigenvalue weighted by atomic mass is 10.1. The lowest BCUT2D eigenvalue weighted by Crippen LogP contribution is -2.07. The lowest BCUT2D eigenvalue weighted by molar-refractivity contribution is -0.111. The lowest BCUT2D eigenvalue weighted by Gasteiger charge is -1.97. The van der Waals surface area contributed by atoms with Crippen LogP contribution >= 0.6 is 0 Å². The number of nitrogens with one attached hydrogen (secondary N) is 2. The summed E-state index contributed by atoms with van der Waals surface area (Å²) in [5.41, 5.74) is 1.36. The Morgan fingerprint density at radius 2 is 2.33 bits per heavy atom. The molecule has 0 aliphatic heterocycles. The first-order valence-corrected chi connectivity index (χ1v) is 5.26. The molecule has 0 unspecified atom stereocenters. The zero-order chi connectivity index (χ0) is 12.8. The summed E-state index contributed by atoms with van der Waals surface area (Å²) in [5, 5.41) is 17.7. The maximum atomic E-state index is 11.5. The molecule has 0 aliphatic carbocycles. The molecule has 0 atom stereocenters. The summed E-state index contributed by atoms with van der Waals surface area (Å²) in [6.07, 6.45) is 4.60. The van der Waals surface area contributed by atoms with Crippen molar-refractivity contribution in [1.82, 2.24) is 10.2 Å². The van der Waals surface area contributed by atoms with Crippen LogP contribution in [0.15, 0.2) is 42.6 Å². The Morgan fingerprint density at radius 1 is 1.44 bits per heavy atom. The van der Waals surface area contributed by atoms with E-state index in [9.17, 15) is 4.79 Å². The summed E-state index contributed by atoms with van der Waals surface area (Å²) >= 11 is 0. The number of anilines is 1. The fraction of sp³-hybridized carbons (Fsp3) is 0. The molecule has 88 valence electrons. The second-order valence-corrected chi connectivity index (χ2v) is 3.53. The molecule has 0 fully saturated rings. The van der Waals surface area contributed by atoms with Gasteiger partial charge in [-0.2, -0.15) is 10.4 Å². The van der Waals surface area contributed by atoms with E-state index in [-0.39, 0.29) is 5.91 Å². The second-order valence-electron chi connectivity index (χ2n) is 3.53. The zero-order valence-corrected chi connectivity index (χ0v) is 9.42. The van der Waals surface area contributed by atoms with Crippen molar-refractivity contribution < 1.29 is 4.79 Å². The minimum Gasteiger partial charge on any atom is -0.307 e. The molecule has 5 heteroatoms. The smallest absolute Gasteiger partial charge is 0.249 e. The van der Waals surface area contributed by atoms with Gasteiger partial charge in [0.05, 0.1) is 17.8 Å². The van der Waals surface area contributed by atoms with Gasteiger partial charge in [-0.25, -0.2) is 0 Å². The van der Waals surface area contributed by atoms with Crippen LogP contribution in [0.4, 0.5) is 5.82 Å². The maximum Gasteiger partial charge on any atom is 0.249 e. The predicted octanol–water partition coefficient (Wildman–Crippen LogP) is 1.93. The van der Waals surface area contributed by atoms with Gasteiger partial charge in [0, 0.05) is 12.1 Å². The molecule has 2 aromatic rings. The van der Waals surface area contributed by atoms with Crippen molar-refractivity contribution in [3.05, 3.63) is 53.7 Å². The van der Waals surface area contributed by atoms with Crippen LogP contribution < -0.4 is 5.32 Å². The van der Waals surface area contributed by atoms with E-state index in [2.05, 4.69) is 15.5 Å². The van der Waals surface area contributed by atoms with Crippen LogP contribution in [0.3, 0.4) is 0 Å². The molecule has 0 saturated carbocycles. The Labute approximate surface area is 104 Å². The van der Waals surface area contributed by atoms with Crippen molar-refractivity contribution in [3.63, 3.8) is 0 Å². The fourth-order valence-electron chi connectivity index (χ4n) is 1.38. The van der Waals surface area contributed by atoms with Crippen molar-refractivity contribution in [2.75, 3.05) is 5.32 Å². The summed E-state index contributed by atoms with van der Waals surface area (Å²) in [6.45, 7) is 0. The monoisotopic (exact) mass is 238 g/mol. The molecule has 1 aromatic heterocycles. The van der Waals surface area contributed by atoms with E-state index in [1.54, 1.807) is 36.5 Å². The molecule has 1 heterocycles. The summed E-state index contributed by atoms with van der Waals surface area (Å²) in [6, 6.07) is 10.7. The molecule has 0 aliphatic rings. The summed E-state index contributed by atoms with van der Waals surface area (Å²) in [4.78, 5) is 11.5. The van der Waals surface area contributed by atoms with Gasteiger partial charge in [0.2, 0.25) is 5.91 Å². The summed E-state index contributed by atoms with van der Waals surface area (Å²) in [7, 11) is 0. The number of hydrogen-bond acceptors (Lipinski definition) is 3. The molecule has 5 nitrogen and oxygen atoms in total. The van der Waals surface area contributed by atoms with Crippen LogP contribution in [0.2, 0.25) is 0 Å². The van der Waals surface area contributed by atoms with Crippen molar-refractivity contribution in [2.45, 2.75) is 0 Å². The first kappa shape index (κ1) is 11.6. The Balaban J connectivity index is 2.02. The topological polar surface area (TPSA) is 81.6 Å². The number of nitrogens with zero attached hydrogens (tertiary/aromatic N) is 2. The Morgan fingerprint density at radius 3 is 3.06 bits per heavy atom. The molecular weight excluding hydrogens is 228 g/mol. The molecule has 0 bridgehead atoms. The van der Waals surface area contributed by atoms with Gasteiger partial charge in [-0.05, 0) is 23.8 Å². The molecule has 1 amide bonds. The van der Waals surface area contributed by atoms with Crippen molar-refractivity contribution >= 4 is 17.8 Å². The van der Waals surface area contributed by atoms with Crippen LogP contribution in [0.5, 0.6) is 0 Å². The highest BCUT2D eigenvalue weighted by molar-refractivity contribution is 6.01. The number of aromatic nitrogens is 2. The minimum atomic E-state index is -0.262. The normalized spacial score (nSPS) is 10.2. The van der Waals surface area contributed by atoms with Gasteiger partial charge in [0.15, 0.2) is 0 Å². The van der Waals surface area contributed by atoms with Gasteiger partial charge < -0.3 is 5.32 Å². The number of benzene rings is 1. The molecular formula is C13H10N4O. The van der Waals surface area contributed by atoms with Crippen molar-refractivity contribution in [3.8, 4) is 6.07 Å². The van der Waals surface area contributed by atoms with Crippen molar-refractivity contribution in [2.24, 2.45) is 0 Å². The van der Waals surface area contributed by atoms with Crippen LogP contribution in [-0.2, 0) is 4.79 Å². The van der Waals surface area contributed by atoms with Crippen LogP contribution in [0.25, 0.3) is 6.08 Å². The van der Waals surface area contributed by atoms with E-state index in [1.807, 2.05) is 12.1 Å². The number of carbonyl (C=O) groups excluding carboxylic acids is 1. The average Bonchev–Trinajstić information content (AvgIpc) is 2.89. The maximum absolute atomic E-state index is 11.5. The third-order valence-corrected chi connectivity index (χ3v) is 2.20. The highest BCUT2D eigenvalue weighted by atomic mass is 16.1. The molecule has 0 radical (unpaired) electrons. The van der Waals surface area contributed by atoms with Crippen LogP contribution in [-0.4, -0.2) is 16.1 Å². The van der Waals surface area contributed by atoms with Gasteiger partial charge in [-0.15, -0.1) is 0 Å². The molecule has 2 rings (SSSR count). The minimum absolute atomic E-state index is 0.262. The third-order valence-electron chi connectivity index (χ3n) is 2.20. The van der Waals surface area contributed by atoms with Gasteiger partial charge in [-0.1, -0.05) is 12.1 Å². The molecule has 18 heavy (non-hydrogen) atoms. The molecule has 2 N–H and O–H groups in total. The van der Waals surface area contributed by atoms with Crippen molar-refractivity contribution in [1.29, 1.82) is 5.26 Å². The number of amides is 1. The molecule has 0 saturated heterocycles. The SMILES string of the molecule is N#Cc1cccc(C=CC(=O)Nc2ccn[nH]2)c1. The fourth-order valence-corrected chi connectivity index (χ4v) is 1.38. The van der Waals surface area contributed by atoms with Crippen LogP contribution in [0.1, 0.15) is 11.1 Å². The van der Waals surface area contributed by atoms with E-state index in [1.165, 1.54) is 6.08 Å². The standard InChI is InChI=1S/C13H10N4O/c14-9-11-3-1-2-10(8-11)4-5-13(18)16-12-6-7-15-17-12/h1-8H,(H2,15,16,17,18). The number of carbonyl (C=O) groups is 1. The number of hydrogen-bond donors (Lipinski definition) is 2. The van der Waals surface area contributed by atoms with Gasteiger partial charge in [0.25, 0.3) is 0 Å². The first-order chi connectivity index (χ1) is 8.78. The average molecular weight is 238 g/mol. The summed E-state index contributed by atoms with van der Waals surface area (Å²) in [5.74, 6) is 0.275. The zero-order valence-electron chi connectivity index (χ0n) is 9.42. The Hall–Kier alpha value is -2.87. The summed E-state index contributed by atoms with van der Waals surface area (Å²) < 4.78 is 0. The van der Waals surface area contributed by atoms with Gasteiger partial charge in [0.1, 0.15) is 5.82 Å². The second kappa shape index (κ2) is 5.46.